The molecule has 102 heavy (non-hydrogen) atoms. The predicted molar refractivity (Wildman–Crippen MR) is 428 cm³/mol. The van der Waals surface area contributed by atoms with Gasteiger partial charge in [-0.1, -0.05) is 309 Å². The summed E-state index contributed by atoms with van der Waals surface area (Å²) in [5, 5.41) is 4.76. The van der Waals surface area contributed by atoms with Gasteiger partial charge in [0, 0.05) is 61.1 Å². The van der Waals surface area contributed by atoms with E-state index in [2.05, 4.69) is 401 Å². The molecule has 0 unspecified atom stereocenters. The molecule has 474 valence electrons. The third-order valence-corrected chi connectivity index (χ3v) is 22.1. The summed E-state index contributed by atoms with van der Waals surface area (Å²) in [6.07, 6.45) is 0. The van der Waals surface area contributed by atoms with Crippen molar-refractivity contribution in [2.75, 3.05) is 9.80 Å². The van der Waals surface area contributed by atoms with Crippen molar-refractivity contribution in [3.8, 4) is 67.0 Å². The number of rotatable bonds is 10. The van der Waals surface area contributed by atoms with Crippen LogP contribution in [0.4, 0.5) is 34.1 Å². The van der Waals surface area contributed by atoms with Crippen LogP contribution in [0.2, 0.25) is 0 Å². The van der Waals surface area contributed by atoms with E-state index in [0.717, 1.165) is 101 Å². The van der Waals surface area contributed by atoms with Crippen LogP contribution in [0.15, 0.2) is 382 Å². The van der Waals surface area contributed by atoms with E-state index in [4.69, 9.17) is 0 Å². The number of nitrogens with zero attached hydrogens (tertiary/aromatic N) is 4. The lowest BCUT2D eigenvalue weighted by Crippen LogP contribution is -2.61. The van der Waals surface area contributed by atoms with E-state index in [0.29, 0.717) is 0 Å². The summed E-state index contributed by atoms with van der Waals surface area (Å²) in [5.74, 6) is 0. The molecular formula is C97H63BN4. The Morgan fingerprint density at radius 1 is 0.216 bits per heavy atom. The second-order valence-electron chi connectivity index (χ2n) is 27.4. The molecule has 18 aromatic rings. The molecule has 2 aliphatic heterocycles. The van der Waals surface area contributed by atoms with Gasteiger partial charge in [-0.05, 0) is 156 Å². The number of aromatic nitrogens is 2. The zero-order valence-electron chi connectivity index (χ0n) is 55.7. The van der Waals surface area contributed by atoms with Gasteiger partial charge < -0.3 is 18.9 Å². The Kier molecular flexibility index (Phi) is 13.0. The maximum Gasteiger partial charge on any atom is 0.252 e. The summed E-state index contributed by atoms with van der Waals surface area (Å²) in [5.41, 5.74) is 33.1. The molecule has 3 aliphatic rings. The average molecular weight is 1300 g/mol. The molecule has 0 bridgehead atoms. The maximum atomic E-state index is 2.68. The van der Waals surface area contributed by atoms with Crippen molar-refractivity contribution in [2.24, 2.45) is 0 Å². The first kappa shape index (κ1) is 57.8. The SMILES string of the molecule is c1ccc(-c2ccc3c4ccc(-c5ccccc5)cc4n(-c4cc5c6c(c4)N(c4ccccc4-c4ccccc4)c4cc7c8ccccc8n(-c8ccccc8)c7cc4B6c4cc6c(cc4N5c4ccccc4-c4ccccc4)-c4ccccc4C6(c4ccccc4)c4ccccc4)c3c2)cc1. The number of anilines is 6. The van der Waals surface area contributed by atoms with Crippen LogP contribution in [0.5, 0.6) is 0 Å². The second-order valence-corrected chi connectivity index (χ2v) is 27.4. The Morgan fingerprint density at radius 3 is 1.18 bits per heavy atom. The molecule has 0 spiro atoms. The smallest absolute Gasteiger partial charge is 0.252 e. The fourth-order valence-corrected chi connectivity index (χ4v) is 17.9. The molecule has 0 N–H and O–H groups in total. The van der Waals surface area contributed by atoms with E-state index in [1.165, 1.54) is 82.4 Å². The first-order valence-electron chi connectivity index (χ1n) is 35.4. The Labute approximate surface area is 592 Å². The van der Waals surface area contributed by atoms with Gasteiger partial charge in [0.05, 0.1) is 44.5 Å². The summed E-state index contributed by atoms with van der Waals surface area (Å²) < 4.78 is 5.09. The third-order valence-electron chi connectivity index (χ3n) is 22.1. The number of hydrogen-bond acceptors (Lipinski definition) is 2. The van der Waals surface area contributed by atoms with E-state index < -0.39 is 5.41 Å². The highest BCUT2D eigenvalue weighted by molar-refractivity contribution is 7.00. The monoisotopic (exact) mass is 1290 g/mol. The molecule has 0 saturated carbocycles. The van der Waals surface area contributed by atoms with Crippen LogP contribution in [-0.2, 0) is 5.41 Å². The van der Waals surface area contributed by atoms with Crippen LogP contribution in [0.1, 0.15) is 22.3 Å². The van der Waals surface area contributed by atoms with E-state index in [1.54, 1.807) is 0 Å². The van der Waals surface area contributed by atoms with Gasteiger partial charge >= 0.3 is 0 Å². The molecule has 0 radical (unpaired) electrons. The number of para-hydroxylation sites is 4. The van der Waals surface area contributed by atoms with Crippen molar-refractivity contribution in [1.82, 2.24) is 9.13 Å². The molecule has 2 aromatic heterocycles. The van der Waals surface area contributed by atoms with Crippen LogP contribution in [0, 0.1) is 0 Å². The van der Waals surface area contributed by atoms with Crippen molar-refractivity contribution in [2.45, 2.75) is 5.41 Å². The molecule has 1 aliphatic carbocycles. The lowest BCUT2D eigenvalue weighted by molar-refractivity contribution is 0.769. The highest BCUT2D eigenvalue weighted by Gasteiger charge is 2.51. The molecule has 0 amide bonds. The molecular weight excluding hydrogens is 1230 g/mol. The van der Waals surface area contributed by atoms with Crippen LogP contribution < -0.4 is 26.2 Å². The summed E-state index contributed by atoms with van der Waals surface area (Å²) in [7, 11) is 0. The first-order valence-corrected chi connectivity index (χ1v) is 35.4. The standard InChI is InChI=1S/C97H63BN4/c1-8-30-64(31-9-1)68-52-54-78-79-55-53-69(65-32-10-2-11-33-65)57-90(79)100(89(78)56-68)73-58-94-96-95(59-73)102(87-50-28-24-45-75(87)67-36-14-4-15-37-67)93-61-81-77-47-25-29-51-88(77)99(72-42-20-7-21-43-72)91(81)63-85(93)98(96)84-62-83-80(60-92(84)101(94)86-49-27-23-44-74(86)66-34-12-3-13-35-66)76-46-22-26-48-82(76)97(83,70-38-16-5-17-39-70)71-40-18-6-19-41-71/h1-63H. The van der Waals surface area contributed by atoms with Gasteiger partial charge in [0.2, 0.25) is 0 Å². The minimum absolute atomic E-state index is 0.313. The van der Waals surface area contributed by atoms with Gasteiger partial charge in [0.1, 0.15) is 0 Å². The first-order chi connectivity index (χ1) is 50.6. The molecule has 0 atom stereocenters. The molecule has 0 saturated heterocycles. The summed E-state index contributed by atoms with van der Waals surface area (Å²) in [4.78, 5) is 5.34. The lowest BCUT2D eigenvalue weighted by Gasteiger charge is -2.45. The predicted octanol–water partition coefficient (Wildman–Crippen LogP) is 23.0. The average Bonchev–Trinajstić information content (AvgIpc) is 1.27. The topological polar surface area (TPSA) is 16.3 Å². The van der Waals surface area contributed by atoms with E-state index >= 15 is 0 Å². The summed E-state index contributed by atoms with van der Waals surface area (Å²) in [6.45, 7) is -0.313. The molecule has 21 rings (SSSR count). The van der Waals surface area contributed by atoms with Gasteiger partial charge in [-0.3, -0.25) is 0 Å². The van der Waals surface area contributed by atoms with E-state index in [1.807, 2.05) is 0 Å². The zero-order valence-corrected chi connectivity index (χ0v) is 55.7. The van der Waals surface area contributed by atoms with Crippen LogP contribution in [-0.4, -0.2) is 15.8 Å². The second kappa shape index (κ2) is 22.9. The van der Waals surface area contributed by atoms with Crippen LogP contribution >= 0.6 is 0 Å². The fourth-order valence-electron chi connectivity index (χ4n) is 17.9. The highest BCUT2D eigenvalue weighted by atomic mass is 15.2. The molecule has 4 nitrogen and oxygen atoms in total. The number of hydrogen-bond donors (Lipinski definition) is 0. The normalized spacial score (nSPS) is 13.1. The minimum Gasteiger partial charge on any atom is -0.311 e. The van der Waals surface area contributed by atoms with Crippen molar-refractivity contribution in [3.05, 3.63) is 404 Å². The number of fused-ring (bicyclic) bond motifs is 13. The Bertz CT molecular complexity index is 6230. The molecule has 16 aromatic carbocycles. The molecule has 5 heteroatoms. The minimum atomic E-state index is -0.682. The van der Waals surface area contributed by atoms with Gasteiger partial charge in [-0.25, -0.2) is 0 Å². The van der Waals surface area contributed by atoms with Crippen molar-refractivity contribution in [1.29, 1.82) is 0 Å². The third kappa shape index (κ3) is 8.58. The largest absolute Gasteiger partial charge is 0.311 e. The highest BCUT2D eigenvalue weighted by Crippen LogP contribution is 2.59. The zero-order chi connectivity index (χ0) is 67.0. The Morgan fingerprint density at radius 2 is 0.627 bits per heavy atom. The van der Waals surface area contributed by atoms with E-state index in [-0.39, 0.29) is 6.71 Å². The maximum absolute atomic E-state index is 2.68. The quantitative estimate of drug-likeness (QED) is 0.127. The van der Waals surface area contributed by atoms with Crippen LogP contribution in [0.3, 0.4) is 0 Å². The van der Waals surface area contributed by atoms with Gasteiger partial charge in [0.15, 0.2) is 0 Å². The van der Waals surface area contributed by atoms with Gasteiger partial charge in [0.25, 0.3) is 6.71 Å². The summed E-state index contributed by atoms with van der Waals surface area (Å²) in [6, 6.07) is 144. The van der Waals surface area contributed by atoms with Crippen molar-refractivity contribution >= 4 is 101 Å². The molecule has 4 heterocycles. The van der Waals surface area contributed by atoms with Crippen molar-refractivity contribution in [3.63, 3.8) is 0 Å². The number of benzene rings is 16. The fraction of sp³-hybridized carbons (Fsp3) is 0.0103. The summed E-state index contributed by atoms with van der Waals surface area (Å²) >= 11 is 0. The van der Waals surface area contributed by atoms with Crippen molar-refractivity contribution < 1.29 is 0 Å². The van der Waals surface area contributed by atoms with E-state index in [9.17, 15) is 0 Å². The van der Waals surface area contributed by atoms with Crippen LogP contribution in [0.25, 0.3) is 111 Å². The molecule has 0 fully saturated rings. The Hall–Kier alpha value is -13.2. The Balaban J connectivity index is 0.968. The van der Waals surface area contributed by atoms with Gasteiger partial charge in [-0.2, -0.15) is 0 Å². The van der Waals surface area contributed by atoms with Gasteiger partial charge in [-0.15, -0.1) is 0 Å². The lowest BCUT2D eigenvalue weighted by atomic mass is 9.33.